The maximum absolute atomic E-state index is 14.5. The minimum absolute atomic E-state index is 0.0783. The third kappa shape index (κ3) is 1.92. The Kier molecular flexibility index (Phi) is 3.02. The summed E-state index contributed by atoms with van der Waals surface area (Å²) in [5, 5.41) is 0.305. The van der Waals surface area contributed by atoms with Crippen molar-refractivity contribution in [2.24, 2.45) is 0 Å². The Morgan fingerprint density at radius 1 is 1.33 bits per heavy atom. The van der Waals surface area contributed by atoms with Gasteiger partial charge in [0.2, 0.25) is 5.67 Å². The van der Waals surface area contributed by atoms with E-state index in [-0.39, 0.29) is 24.2 Å². The van der Waals surface area contributed by atoms with E-state index in [1.165, 1.54) is 19.1 Å². The van der Waals surface area contributed by atoms with Crippen molar-refractivity contribution < 1.29 is 28.3 Å². The van der Waals surface area contributed by atoms with E-state index in [2.05, 4.69) is 0 Å². The number of nitrogens with zero attached hydrogens (tertiary/aromatic N) is 1. The van der Waals surface area contributed by atoms with Gasteiger partial charge in [-0.3, -0.25) is 9.59 Å². The molecule has 21 heavy (non-hydrogen) atoms. The Labute approximate surface area is 119 Å². The van der Waals surface area contributed by atoms with E-state index in [9.17, 15) is 18.8 Å². The van der Waals surface area contributed by atoms with Crippen LogP contribution in [-0.2, 0) is 14.4 Å². The second-order valence-electron chi connectivity index (χ2n) is 4.95. The lowest BCUT2D eigenvalue weighted by atomic mass is 9.99. The molecule has 0 aromatic heterocycles. The number of rotatable bonds is 2. The Balaban J connectivity index is 1.83. The molecule has 2 amide bonds. The highest BCUT2D eigenvalue weighted by atomic mass is 19.1. The maximum atomic E-state index is 14.5. The van der Waals surface area contributed by atoms with Gasteiger partial charge in [-0.25, -0.2) is 9.18 Å². The number of ether oxygens (including phenoxy) is 1. The highest BCUT2D eigenvalue weighted by Gasteiger charge is 2.53. The van der Waals surface area contributed by atoms with E-state index in [0.717, 1.165) is 0 Å². The number of amides is 2. The van der Waals surface area contributed by atoms with Crippen molar-refractivity contribution in [1.82, 2.24) is 5.06 Å². The van der Waals surface area contributed by atoms with Crippen LogP contribution in [0.5, 0.6) is 0 Å². The van der Waals surface area contributed by atoms with Crippen molar-refractivity contribution >= 4 is 17.8 Å². The molecule has 2 heterocycles. The number of hydroxylamine groups is 2. The largest absolute Gasteiger partial charge is 0.374 e. The standard InChI is InChI=1S/C14H12FNO5/c1-8-14(15,6-7-20-8)13(19)21-16-11(17)9-4-2-3-5-10(9)12(16)18/h2-5,8H,6-7H2,1H3. The molecule has 2 unspecified atom stereocenters. The zero-order chi connectivity index (χ0) is 15.2. The minimum atomic E-state index is -2.35. The predicted molar refractivity (Wildman–Crippen MR) is 66.9 cm³/mol. The SMILES string of the molecule is CC1OCCC1(F)C(=O)ON1C(=O)c2ccccc2C1=O. The van der Waals surface area contributed by atoms with Crippen molar-refractivity contribution in [2.75, 3.05) is 6.61 Å². The number of carbonyl (C=O) groups is 3. The number of carbonyl (C=O) groups excluding carboxylic acids is 3. The van der Waals surface area contributed by atoms with Gasteiger partial charge >= 0.3 is 5.97 Å². The zero-order valence-electron chi connectivity index (χ0n) is 11.2. The summed E-state index contributed by atoms with van der Waals surface area (Å²) in [5.74, 6) is -2.85. The molecule has 1 saturated heterocycles. The molecule has 1 fully saturated rings. The van der Waals surface area contributed by atoms with Crippen LogP contribution < -0.4 is 0 Å². The first kappa shape index (κ1) is 13.7. The van der Waals surface area contributed by atoms with Crippen LogP contribution >= 0.6 is 0 Å². The van der Waals surface area contributed by atoms with Gasteiger partial charge in [0.15, 0.2) is 0 Å². The second kappa shape index (κ2) is 4.63. The van der Waals surface area contributed by atoms with Gasteiger partial charge in [-0.2, -0.15) is 0 Å². The topological polar surface area (TPSA) is 72.9 Å². The van der Waals surface area contributed by atoms with Crippen molar-refractivity contribution in [3.8, 4) is 0 Å². The summed E-state index contributed by atoms with van der Waals surface area (Å²) in [6.07, 6.45) is -1.16. The number of imide groups is 1. The van der Waals surface area contributed by atoms with Gasteiger partial charge in [0.25, 0.3) is 11.8 Å². The van der Waals surface area contributed by atoms with Crippen molar-refractivity contribution in [1.29, 1.82) is 0 Å². The van der Waals surface area contributed by atoms with Gasteiger partial charge in [0, 0.05) is 6.42 Å². The Morgan fingerprint density at radius 2 is 1.90 bits per heavy atom. The van der Waals surface area contributed by atoms with Gasteiger partial charge in [0.05, 0.1) is 23.8 Å². The van der Waals surface area contributed by atoms with Crippen LogP contribution in [0.25, 0.3) is 0 Å². The number of benzene rings is 1. The lowest BCUT2D eigenvalue weighted by Crippen LogP contribution is -2.46. The fourth-order valence-electron chi connectivity index (χ4n) is 2.40. The molecule has 2 aliphatic rings. The average Bonchev–Trinajstić information content (AvgIpc) is 2.94. The molecular formula is C14H12FNO5. The molecule has 110 valence electrons. The Bertz CT molecular complexity index is 611. The molecule has 0 radical (unpaired) electrons. The van der Waals surface area contributed by atoms with Gasteiger partial charge in [-0.05, 0) is 19.1 Å². The van der Waals surface area contributed by atoms with Crippen molar-refractivity contribution in [2.45, 2.75) is 25.1 Å². The van der Waals surface area contributed by atoms with Gasteiger partial charge in [0.1, 0.15) is 0 Å². The van der Waals surface area contributed by atoms with E-state index in [4.69, 9.17) is 9.57 Å². The zero-order valence-corrected chi connectivity index (χ0v) is 11.2. The van der Waals surface area contributed by atoms with Crippen LogP contribution in [0, 0.1) is 0 Å². The number of hydrogen-bond donors (Lipinski definition) is 0. The lowest BCUT2D eigenvalue weighted by Gasteiger charge is -2.22. The third-order valence-electron chi connectivity index (χ3n) is 3.75. The van der Waals surface area contributed by atoms with Gasteiger partial charge < -0.3 is 9.57 Å². The van der Waals surface area contributed by atoms with Crippen LogP contribution in [0.4, 0.5) is 4.39 Å². The summed E-state index contributed by atoms with van der Waals surface area (Å²) in [6, 6.07) is 6.05. The van der Waals surface area contributed by atoms with Crippen LogP contribution in [0.1, 0.15) is 34.1 Å². The summed E-state index contributed by atoms with van der Waals surface area (Å²) in [6.45, 7) is 1.48. The molecule has 2 atom stereocenters. The quantitative estimate of drug-likeness (QED) is 0.767. The second-order valence-corrected chi connectivity index (χ2v) is 4.95. The number of alkyl halides is 1. The predicted octanol–water partition coefficient (Wildman–Crippen LogP) is 1.26. The van der Waals surface area contributed by atoms with E-state index < -0.39 is 29.6 Å². The molecule has 7 heteroatoms. The fraction of sp³-hybridized carbons (Fsp3) is 0.357. The minimum Gasteiger partial charge on any atom is -0.374 e. The lowest BCUT2D eigenvalue weighted by molar-refractivity contribution is -0.186. The molecule has 1 aromatic rings. The smallest absolute Gasteiger partial charge is 0.372 e. The van der Waals surface area contributed by atoms with E-state index in [0.29, 0.717) is 5.06 Å². The first-order chi connectivity index (χ1) is 9.95. The summed E-state index contributed by atoms with van der Waals surface area (Å²) in [4.78, 5) is 40.7. The van der Waals surface area contributed by atoms with Crippen LogP contribution in [-0.4, -0.2) is 41.2 Å². The third-order valence-corrected chi connectivity index (χ3v) is 3.75. The highest BCUT2D eigenvalue weighted by molar-refractivity contribution is 6.21. The van der Waals surface area contributed by atoms with Crippen molar-refractivity contribution in [3.63, 3.8) is 0 Å². The molecule has 3 rings (SSSR count). The molecule has 2 aliphatic heterocycles. The van der Waals surface area contributed by atoms with Crippen LogP contribution in [0.15, 0.2) is 24.3 Å². The molecule has 0 bridgehead atoms. The summed E-state index contributed by atoms with van der Waals surface area (Å²) >= 11 is 0. The first-order valence-corrected chi connectivity index (χ1v) is 6.46. The van der Waals surface area contributed by atoms with E-state index in [1.807, 2.05) is 0 Å². The number of halogens is 1. The molecule has 0 saturated carbocycles. The number of fused-ring (bicyclic) bond motifs is 1. The molecule has 6 nitrogen and oxygen atoms in total. The molecule has 1 aromatic carbocycles. The van der Waals surface area contributed by atoms with Crippen molar-refractivity contribution in [3.05, 3.63) is 35.4 Å². The first-order valence-electron chi connectivity index (χ1n) is 6.46. The summed E-state index contributed by atoms with van der Waals surface area (Å²) in [5.41, 5.74) is -2.10. The molecular weight excluding hydrogens is 281 g/mol. The molecule has 0 N–H and O–H groups in total. The van der Waals surface area contributed by atoms with E-state index in [1.54, 1.807) is 12.1 Å². The summed E-state index contributed by atoms with van der Waals surface area (Å²) < 4.78 is 19.5. The average molecular weight is 293 g/mol. The Morgan fingerprint density at radius 3 is 2.38 bits per heavy atom. The van der Waals surface area contributed by atoms with Crippen LogP contribution in [0.2, 0.25) is 0 Å². The monoisotopic (exact) mass is 293 g/mol. The van der Waals surface area contributed by atoms with E-state index >= 15 is 0 Å². The summed E-state index contributed by atoms with van der Waals surface area (Å²) in [7, 11) is 0. The van der Waals surface area contributed by atoms with Crippen LogP contribution in [0.3, 0.4) is 0 Å². The highest BCUT2D eigenvalue weighted by Crippen LogP contribution is 2.32. The fourth-order valence-corrected chi connectivity index (χ4v) is 2.40. The molecule has 0 spiro atoms. The van der Waals surface area contributed by atoms with Gasteiger partial charge in [-0.1, -0.05) is 17.2 Å². The normalized spacial score (nSPS) is 27.9. The number of hydrogen-bond acceptors (Lipinski definition) is 5. The maximum Gasteiger partial charge on any atom is 0.372 e. The van der Waals surface area contributed by atoms with Gasteiger partial charge in [-0.15, -0.1) is 0 Å². The Hall–Kier alpha value is -2.28. The molecule has 0 aliphatic carbocycles.